The Balaban J connectivity index is 3.49. The van der Waals surface area contributed by atoms with Gasteiger partial charge in [0.25, 0.3) is 0 Å². The SMILES string of the molecule is C=C/C(C)=N/OC. The molecule has 2 heteroatoms. The summed E-state index contributed by atoms with van der Waals surface area (Å²) in [5, 5.41) is 3.54. The van der Waals surface area contributed by atoms with Gasteiger partial charge >= 0.3 is 0 Å². The van der Waals surface area contributed by atoms with E-state index in [-0.39, 0.29) is 0 Å². The van der Waals surface area contributed by atoms with Crippen LogP contribution in [0.25, 0.3) is 0 Å². The van der Waals surface area contributed by atoms with Gasteiger partial charge in [0, 0.05) is 0 Å². The molecule has 0 bridgehead atoms. The van der Waals surface area contributed by atoms with Crippen LogP contribution in [0.2, 0.25) is 0 Å². The second-order valence-electron chi connectivity index (χ2n) is 1.12. The maximum Gasteiger partial charge on any atom is 0.106 e. The van der Waals surface area contributed by atoms with Crippen molar-refractivity contribution in [1.29, 1.82) is 0 Å². The molecule has 0 aliphatic rings. The number of nitrogens with zero attached hydrogens (tertiary/aromatic N) is 1. The van der Waals surface area contributed by atoms with E-state index in [2.05, 4.69) is 16.6 Å². The molecule has 0 heterocycles. The molecule has 0 N–H and O–H groups in total. The molecule has 0 saturated carbocycles. The van der Waals surface area contributed by atoms with E-state index < -0.39 is 0 Å². The number of hydrogen-bond acceptors (Lipinski definition) is 2. The Morgan fingerprint density at radius 3 is 2.57 bits per heavy atom. The first-order valence-corrected chi connectivity index (χ1v) is 2.01. The standard InChI is InChI=1S/C5H9NO/c1-4-5(2)6-7-3/h4H,1H2,2-3H3/b6-5+. The van der Waals surface area contributed by atoms with E-state index in [0.717, 1.165) is 5.71 Å². The van der Waals surface area contributed by atoms with Crippen LogP contribution in [0.1, 0.15) is 6.92 Å². The third-order valence-corrected chi connectivity index (χ3v) is 0.531. The van der Waals surface area contributed by atoms with Gasteiger partial charge in [-0.1, -0.05) is 11.7 Å². The van der Waals surface area contributed by atoms with E-state index in [9.17, 15) is 0 Å². The fraction of sp³-hybridized carbons (Fsp3) is 0.400. The maximum atomic E-state index is 4.41. The minimum atomic E-state index is 0.794. The zero-order valence-electron chi connectivity index (χ0n) is 4.64. The Hall–Kier alpha value is -0.790. The van der Waals surface area contributed by atoms with E-state index in [4.69, 9.17) is 0 Å². The van der Waals surface area contributed by atoms with Crippen molar-refractivity contribution in [3.8, 4) is 0 Å². The summed E-state index contributed by atoms with van der Waals surface area (Å²) in [4.78, 5) is 4.41. The molecule has 0 rings (SSSR count). The van der Waals surface area contributed by atoms with Gasteiger partial charge in [-0.15, -0.1) is 0 Å². The molecular formula is C5H9NO. The van der Waals surface area contributed by atoms with Crippen molar-refractivity contribution in [2.75, 3.05) is 7.11 Å². The normalized spacial score (nSPS) is 10.9. The van der Waals surface area contributed by atoms with Crippen LogP contribution in [0.15, 0.2) is 17.8 Å². The van der Waals surface area contributed by atoms with Gasteiger partial charge in [0.05, 0.1) is 5.71 Å². The predicted octanol–water partition coefficient (Wildman–Crippen LogP) is 1.19. The van der Waals surface area contributed by atoms with Gasteiger partial charge in [-0.25, -0.2) is 0 Å². The minimum absolute atomic E-state index is 0.794. The number of rotatable bonds is 2. The summed E-state index contributed by atoms with van der Waals surface area (Å²) < 4.78 is 0. The van der Waals surface area contributed by atoms with Gasteiger partial charge in [0.1, 0.15) is 7.11 Å². The summed E-state index contributed by atoms with van der Waals surface area (Å²) in [7, 11) is 1.51. The van der Waals surface area contributed by atoms with E-state index >= 15 is 0 Å². The summed E-state index contributed by atoms with van der Waals surface area (Å²) in [6.07, 6.45) is 1.63. The van der Waals surface area contributed by atoms with Crippen molar-refractivity contribution >= 4 is 5.71 Å². The van der Waals surface area contributed by atoms with Crippen LogP contribution >= 0.6 is 0 Å². The molecule has 0 amide bonds. The summed E-state index contributed by atoms with van der Waals surface area (Å²) >= 11 is 0. The lowest BCUT2D eigenvalue weighted by molar-refractivity contribution is 0.213. The number of oxime groups is 1. The summed E-state index contributed by atoms with van der Waals surface area (Å²) in [5.74, 6) is 0. The lowest BCUT2D eigenvalue weighted by Gasteiger charge is -1.85. The van der Waals surface area contributed by atoms with E-state index in [1.807, 2.05) is 6.92 Å². The Morgan fingerprint density at radius 2 is 2.43 bits per heavy atom. The highest BCUT2D eigenvalue weighted by Gasteiger charge is 1.74. The van der Waals surface area contributed by atoms with E-state index in [1.165, 1.54) is 7.11 Å². The Kier molecular flexibility index (Phi) is 3.02. The molecule has 0 unspecified atom stereocenters. The molecule has 7 heavy (non-hydrogen) atoms. The van der Waals surface area contributed by atoms with Gasteiger partial charge in [-0.05, 0) is 13.0 Å². The highest BCUT2D eigenvalue weighted by Crippen LogP contribution is 1.75. The van der Waals surface area contributed by atoms with Crippen molar-refractivity contribution in [1.82, 2.24) is 0 Å². The Labute approximate surface area is 43.5 Å². The molecular weight excluding hydrogens is 90.1 g/mol. The maximum absolute atomic E-state index is 4.41. The second kappa shape index (κ2) is 3.40. The molecule has 0 aromatic carbocycles. The first-order chi connectivity index (χ1) is 3.31. The van der Waals surface area contributed by atoms with Crippen molar-refractivity contribution in [3.05, 3.63) is 12.7 Å². The van der Waals surface area contributed by atoms with Crippen LogP contribution < -0.4 is 0 Å². The highest BCUT2D eigenvalue weighted by atomic mass is 16.6. The van der Waals surface area contributed by atoms with Gasteiger partial charge in [0.15, 0.2) is 0 Å². The third-order valence-electron chi connectivity index (χ3n) is 0.531. The van der Waals surface area contributed by atoms with Crippen LogP contribution in [-0.4, -0.2) is 12.8 Å². The summed E-state index contributed by atoms with van der Waals surface area (Å²) in [6, 6.07) is 0. The van der Waals surface area contributed by atoms with Crippen molar-refractivity contribution in [2.24, 2.45) is 5.16 Å². The molecule has 0 spiro atoms. The van der Waals surface area contributed by atoms with Crippen LogP contribution in [0.4, 0.5) is 0 Å². The lowest BCUT2D eigenvalue weighted by atomic mass is 10.4. The first-order valence-electron chi connectivity index (χ1n) is 2.01. The highest BCUT2D eigenvalue weighted by molar-refractivity contribution is 5.91. The Morgan fingerprint density at radius 1 is 1.86 bits per heavy atom. The summed E-state index contributed by atoms with van der Waals surface area (Å²) in [5.41, 5.74) is 0.794. The fourth-order valence-corrected chi connectivity index (χ4v) is 0.181. The van der Waals surface area contributed by atoms with Gasteiger partial charge in [-0.3, -0.25) is 0 Å². The molecule has 0 atom stereocenters. The van der Waals surface area contributed by atoms with Gasteiger partial charge in [0.2, 0.25) is 0 Å². The number of hydrogen-bond donors (Lipinski definition) is 0. The van der Waals surface area contributed by atoms with Gasteiger partial charge in [-0.2, -0.15) is 0 Å². The molecule has 0 aliphatic carbocycles. The molecule has 0 aromatic rings. The zero-order chi connectivity index (χ0) is 5.70. The average Bonchev–Trinajstić information content (AvgIpc) is 1.68. The quantitative estimate of drug-likeness (QED) is 0.376. The molecule has 0 radical (unpaired) electrons. The van der Waals surface area contributed by atoms with Crippen LogP contribution in [-0.2, 0) is 4.84 Å². The topological polar surface area (TPSA) is 21.6 Å². The predicted molar refractivity (Wildman–Crippen MR) is 30.3 cm³/mol. The van der Waals surface area contributed by atoms with Crippen LogP contribution in [0, 0.1) is 0 Å². The largest absolute Gasteiger partial charge is 0.399 e. The monoisotopic (exact) mass is 99.1 g/mol. The zero-order valence-corrected chi connectivity index (χ0v) is 4.64. The Bertz CT molecular complexity index is 86.1. The van der Waals surface area contributed by atoms with Crippen molar-refractivity contribution in [3.63, 3.8) is 0 Å². The van der Waals surface area contributed by atoms with Crippen molar-refractivity contribution < 1.29 is 4.84 Å². The summed E-state index contributed by atoms with van der Waals surface area (Å²) in [6.45, 7) is 5.28. The third kappa shape index (κ3) is 3.03. The van der Waals surface area contributed by atoms with Crippen molar-refractivity contribution in [2.45, 2.75) is 6.92 Å². The van der Waals surface area contributed by atoms with E-state index in [0.29, 0.717) is 0 Å². The lowest BCUT2D eigenvalue weighted by Crippen LogP contribution is -1.82. The number of allylic oxidation sites excluding steroid dienone is 1. The second-order valence-corrected chi connectivity index (χ2v) is 1.12. The fourth-order valence-electron chi connectivity index (χ4n) is 0.181. The van der Waals surface area contributed by atoms with E-state index in [1.54, 1.807) is 6.08 Å². The minimum Gasteiger partial charge on any atom is -0.399 e. The van der Waals surface area contributed by atoms with Crippen LogP contribution in [0.3, 0.4) is 0 Å². The van der Waals surface area contributed by atoms with Gasteiger partial charge < -0.3 is 4.84 Å². The molecule has 0 saturated heterocycles. The molecule has 40 valence electrons. The molecule has 0 fully saturated rings. The molecule has 0 aliphatic heterocycles. The molecule has 0 aromatic heterocycles. The smallest absolute Gasteiger partial charge is 0.106 e. The van der Waals surface area contributed by atoms with Crippen LogP contribution in [0.5, 0.6) is 0 Å². The first kappa shape index (κ1) is 6.21. The average molecular weight is 99.1 g/mol. The molecule has 2 nitrogen and oxygen atoms in total.